The SMILES string of the molecule is CC1CC(C(=O)O)CN(C(=O)NCC(c2ccco2)N2CCCCC2)C1. The van der Waals surface area contributed by atoms with Crippen molar-refractivity contribution in [2.45, 2.75) is 38.6 Å². The highest BCUT2D eigenvalue weighted by Crippen LogP contribution is 2.25. The fourth-order valence-electron chi connectivity index (χ4n) is 4.11. The molecule has 3 heterocycles. The van der Waals surface area contributed by atoms with Gasteiger partial charge in [-0.2, -0.15) is 0 Å². The predicted molar refractivity (Wildman–Crippen MR) is 96.8 cm³/mol. The van der Waals surface area contributed by atoms with E-state index >= 15 is 0 Å². The van der Waals surface area contributed by atoms with Crippen LogP contribution in [0.15, 0.2) is 22.8 Å². The summed E-state index contributed by atoms with van der Waals surface area (Å²) in [5, 5.41) is 12.3. The Bertz CT molecular complexity index is 598. The molecule has 0 aliphatic carbocycles. The van der Waals surface area contributed by atoms with Gasteiger partial charge in [-0.1, -0.05) is 13.3 Å². The Balaban J connectivity index is 1.61. The largest absolute Gasteiger partial charge is 0.481 e. The average Bonchev–Trinajstić information content (AvgIpc) is 3.16. The monoisotopic (exact) mass is 363 g/mol. The van der Waals surface area contributed by atoms with Crippen LogP contribution in [0.4, 0.5) is 4.79 Å². The Kier molecular flexibility index (Phi) is 6.19. The zero-order chi connectivity index (χ0) is 18.5. The fourth-order valence-corrected chi connectivity index (χ4v) is 4.11. The van der Waals surface area contributed by atoms with Crippen LogP contribution in [0.1, 0.15) is 44.4 Å². The number of nitrogens with one attached hydrogen (secondary N) is 1. The highest BCUT2D eigenvalue weighted by Gasteiger charge is 2.32. The maximum Gasteiger partial charge on any atom is 0.317 e. The number of carbonyl (C=O) groups excluding carboxylic acids is 1. The summed E-state index contributed by atoms with van der Waals surface area (Å²) in [4.78, 5) is 28.0. The molecular weight excluding hydrogens is 334 g/mol. The standard InChI is InChI=1S/C19H29N3O4/c1-14-10-15(18(23)24)13-22(12-14)19(25)20-11-16(17-6-5-9-26-17)21-7-3-2-4-8-21/h5-6,9,14-16H,2-4,7-8,10-13H2,1H3,(H,20,25)(H,23,24). The van der Waals surface area contributed by atoms with Crippen molar-refractivity contribution < 1.29 is 19.1 Å². The molecule has 7 nitrogen and oxygen atoms in total. The van der Waals surface area contributed by atoms with Gasteiger partial charge in [-0.05, 0) is 50.4 Å². The number of carboxylic acids is 1. The number of piperidine rings is 2. The topological polar surface area (TPSA) is 86.0 Å². The van der Waals surface area contributed by atoms with Crippen LogP contribution in [-0.2, 0) is 4.79 Å². The second kappa shape index (κ2) is 8.58. The number of likely N-dealkylation sites (tertiary alicyclic amines) is 2. The summed E-state index contributed by atoms with van der Waals surface area (Å²) in [5.41, 5.74) is 0. The van der Waals surface area contributed by atoms with E-state index in [1.807, 2.05) is 19.1 Å². The molecule has 0 radical (unpaired) electrons. The molecule has 0 spiro atoms. The zero-order valence-electron chi connectivity index (χ0n) is 15.4. The van der Waals surface area contributed by atoms with Gasteiger partial charge in [0.1, 0.15) is 5.76 Å². The van der Waals surface area contributed by atoms with E-state index < -0.39 is 11.9 Å². The van der Waals surface area contributed by atoms with E-state index in [0.29, 0.717) is 19.5 Å². The Morgan fingerprint density at radius 1 is 1.31 bits per heavy atom. The van der Waals surface area contributed by atoms with Gasteiger partial charge in [0.05, 0.1) is 18.2 Å². The number of furan rings is 1. The van der Waals surface area contributed by atoms with E-state index in [1.54, 1.807) is 11.2 Å². The summed E-state index contributed by atoms with van der Waals surface area (Å²) in [6.07, 6.45) is 5.86. The van der Waals surface area contributed by atoms with Gasteiger partial charge in [-0.25, -0.2) is 4.79 Å². The lowest BCUT2D eigenvalue weighted by molar-refractivity contribution is -0.143. The number of carboxylic acid groups (broad SMARTS) is 1. The predicted octanol–water partition coefficient (Wildman–Crippen LogP) is 2.56. The molecule has 2 fully saturated rings. The summed E-state index contributed by atoms with van der Waals surface area (Å²) < 4.78 is 5.61. The van der Waals surface area contributed by atoms with Crippen LogP contribution in [0, 0.1) is 11.8 Å². The molecule has 0 aromatic carbocycles. The molecule has 26 heavy (non-hydrogen) atoms. The Morgan fingerprint density at radius 3 is 2.73 bits per heavy atom. The molecule has 144 valence electrons. The average molecular weight is 363 g/mol. The minimum absolute atomic E-state index is 0.0201. The smallest absolute Gasteiger partial charge is 0.317 e. The number of nitrogens with zero attached hydrogens (tertiary/aromatic N) is 2. The second-order valence-corrected chi connectivity index (χ2v) is 7.59. The van der Waals surface area contributed by atoms with Crippen LogP contribution in [0.5, 0.6) is 0 Å². The lowest BCUT2D eigenvalue weighted by atomic mass is 9.91. The van der Waals surface area contributed by atoms with Crippen molar-refractivity contribution in [3.8, 4) is 0 Å². The van der Waals surface area contributed by atoms with E-state index in [9.17, 15) is 14.7 Å². The van der Waals surface area contributed by atoms with E-state index in [0.717, 1.165) is 31.7 Å². The maximum absolute atomic E-state index is 12.6. The van der Waals surface area contributed by atoms with E-state index in [2.05, 4.69) is 10.2 Å². The number of urea groups is 1. The van der Waals surface area contributed by atoms with Gasteiger partial charge < -0.3 is 19.7 Å². The summed E-state index contributed by atoms with van der Waals surface area (Å²) in [6, 6.07) is 3.66. The quantitative estimate of drug-likeness (QED) is 0.840. The first kappa shape index (κ1) is 18.8. The lowest BCUT2D eigenvalue weighted by Gasteiger charge is -2.36. The van der Waals surface area contributed by atoms with Crippen molar-refractivity contribution in [1.29, 1.82) is 0 Å². The third kappa shape index (κ3) is 4.58. The molecule has 0 saturated carbocycles. The number of aliphatic carboxylic acids is 1. The van der Waals surface area contributed by atoms with E-state index in [4.69, 9.17) is 4.42 Å². The Hall–Kier alpha value is -2.02. The van der Waals surface area contributed by atoms with Crippen molar-refractivity contribution in [2.24, 2.45) is 11.8 Å². The number of carbonyl (C=O) groups is 2. The van der Waals surface area contributed by atoms with Gasteiger partial charge in [0.2, 0.25) is 0 Å². The van der Waals surface area contributed by atoms with Gasteiger partial charge in [-0.15, -0.1) is 0 Å². The molecule has 3 atom stereocenters. The maximum atomic E-state index is 12.6. The Morgan fingerprint density at radius 2 is 2.08 bits per heavy atom. The van der Waals surface area contributed by atoms with Gasteiger partial charge in [0, 0.05) is 19.6 Å². The summed E-state index contributed by atoms with van der Waals surface area (Å²) in [6.45, 7) is 5.35. The highest BCUT2D eigenvalue weighted by molar-refractivity contribution is 5.76. The number of amides is 2. The number of rotatable bonds is 5. The first-order valence-corrected chi connectivity index (χ1v) is 9.57. The molecule has 1 aromatic heterocycles. The molecule has 2 aliphatic rings. The van der Waals surface area contributed by atoms with Crippen LogP contribution < -0.4 is 5.32 Å². The molecule has 0 bridgehead atoms. The van der Waals surface area contributed by atoms with Crippen LogP contribution in [0.25, 0.3) is 0 Å². The van der Waals surface area contributed by atoms with E-state index in [1.165, 1.54) is 6.42 Å². The molecule has 2 saturated heterocycles. The minimum Gasteiger partial charge on any atom is -0.481 e. The fraction of sp³-hybridized carbons (Fsp3) is 0.684. The second-order valence-electron chi connectivity index (χ2n) is 7.59. The third-order valence-electron chi connectivity index (χ3n) is 5.45. The molecule has 7 heteroatoms. The van der Waals surface area contributed by atoms with Crippen molar-refractivity contribution in [1.82, 2.24) is 15.1 Å². The molecule has 2 aliphatic heterocycles. The van der Waals surface area contributed by atoms with Crippen molar-refractivity contribution in [3.05, 3.63) is 24.2 Å². The van der Waals surface area contributed by atoms with Crippen LogP contribution in [-0.4, -0.2) is 59.6 Å². The molecule has 2 N–H and O–H groups in total. The van der Waals surface area contributed by atoms with E-state index in [-0.39, 0.29) is 24.5 Å². The van der Waals surface area contributed by atoms with Gasteiger partial charge in [0.15, 0.2) is 0 Å². The minimum atomic E-state index is -0.823. The molecule has 1 aromatic rings. The summed E-state index contributed by atoms with van der Waals surface area (Å²) in [5.74, 6) is -0.246. The number of hydrogen-bond acceptors (Lipinski definition) is 4. The first-order chi connectivity index (χ1) is 12.5. The van der Waals surface area contributed by atoms with Crippen molar-refractivity contribution in [3.63, 3.8) is 0 Å². The van der Waals surface area contributed by atoms with Gasteiger partial charge >= 0.3 is 12.0 Å². The normalized spacial score (nSPS) is 25.7. The first-order valence-electron chi connectivity index (χ1n) is 9.57. The molecule has 3 unspecified atom stereocenters. The Labute approximate surface area is 154 Å². The summed E-state index contributed by atoms with van der Waals surface area (Å²) in [7, 11) is 0. The van der Waals surface area contributed by atoms with Crippen LogP contribution in [0.2, 0.25) is 0 Å². The summed E-state index contributed by atoms with van der Waals surface area (Å²) >= 11 is 0. The van der Waals surface area contributed by atoms with Crippen molar-refractivity contribution >= 4 is 12.0 Å². The van der Waals surface area contributed by atoms with Crippen LogP contribution >= 0.6 is 0 Å². The van der Waals surface area contributed by atoms with Crippen molar-refractivity contribution in [2.75, 3.05) is 32.7 Å². The molecule has 2 amide bonds. The van der Waals surface area contributed by atoms with Crippen LogP contribution in [0.3, 0.4) is 0 Å². The zero-order valence-corrected chi connectivity index (χ0v) is 15.4. The van der Waals surface area contributed by atoms with Gasteiger partial charge in [0.25, 0.3) is 0 Å². The highest BCUT2D eigenvalue weighted by atomic mass is 16.4. The molecular formula is C19H29N3O4. The third-order valence-corrected chi connectivity index (χ3v) is 5.45. The lowest BCUT2D eigenvalue weighted by Crippen LogP contribution is -2.51. The molecule has 3 rings (SSSR count). The van der Waals surface area contributed by atoms with Gasteiger partial charge in [-0.3, -0.25) is 9.69 Å². The number of hydrogen-bond donors (Lipinski definition) is 2.